The zero-order valence-corrected chi connectivity index (χ0v) is 20.8. The number of benzene rings is 1. The first-order valence-corrected chi connectivity index (χ1v) is 13.1. The van der Waals surface area contributed by atoms with Gasteiger partial charge < -0.3 is 20.1 Å². The molecular formula is C23H30N4O5S2. The van der Waals surface area contributed by atoms with E-state index in [1.807, 2.05) is 17.0 Å². The van der Waals surface area contributed by atoms with Crippen LogP contribution in [0.1, 0.15) is 45.4 Å². The summed E-state index contributed by atoms with van der Waals surface area (Å²) in [7, 11) is 0. The van der Waals surface area contributed by atoms with Crippen LogP contribution < -0.4 is 15.4 Å². The molecule has 0 atom stereocenters. The molecule has 1 heterocycles. The number of carbonyl (C=O) groups is 3. The molecule has 1 aliphatic carbocycles. The minimum absolute atomic E-state index is 0.0441. The van der Waals surface area contributed by atoms with E-state index in [9.17, 15) is 14.4 Å². The number of anilines is 2. The number of carboxylic acid groups (broad SMARTS) is 1. The largest absolute Gasteiger partial charge is 0.493 e. The van der Waals surface area contributed by atoms with Crippen LogP contribution in [0.2, 0.25) is 0 Å². The maximum Gasteiger partial charge on any atom is 0.323 e. The van der Waals surface area contributed by atoms with Crippen LogP contribution in [-0.2, 0) is 9.59 Å². The molecule has 0 unspecified atom stereocenters. The van der Waals surface area contributed by atoms with Crippen molar-refractivity contribution < 1.29 is 24.2 Å². The minimum Gasteiger partial charge on any atom is -0.493 e. The second-order valence-electron chi connectivity index (χ2n) is 7.99. The van der Waals surface area contributed by atoms with E-state index in [1.54, 1.807) is 18.3 Å². The van der Waals surface area contributed by atoms with Gasteiger partial charge >= 0.3 is 12.0 Å². The number of amides is 3. The smallest absolute Gasteiger partial charge is 0.323 e. The number of aliphatic carboxylic acids is 1. The molecule has 1 saturated carbocycles. The summed E-state index contributed by atoms with van der Waals surface area (Å²) >= 11 is 2.46. The van der Waals surface area contributed by atoms with Crippen LogP contribution in [0.5, 0.6) is 5.75 Å². The zero-order chi connectivity index (χ0) is 24.3. The number of aromatic nitrogens is 1. The molecule has 9 nitrogen and oxygen atoms in total. The molecule has 3 N–H and O–H groups in total. The van der Waals surface area contributed by atoms with Crippen LogP contribution in [0.4, 0.5) is 15.6 Å². The van der Waals surface area contributed by atoms with Gasteiger partial charge in [0, 0.05) is 31.3 Å². The van der Waals surface area contributed by atoms with Gasteiger partial charge in [-0.1, -0.05) is 36.7 Å². The summed E-state index contributed by atoms with van der Waals surface area (Å²) in [6.07, 6.45) is 7.60. The Balaban J connectivity index is 1.54. The minimum atomic E-state index is -0.892. The highest BCUT2D eigenvalue weighted by atomic mass is 32.2. The van der Waals surface area contributed by atoms with Gasteiger partial charge in [-0.05, 0) is 31.4 Å². The number of hydrogen-bond donors (Lipinski definition) is 3. The third-order valence-corrected chi connectivity index (χ3v) is 7.37. The lowest BCUT2D eigenvalue weighted by Gasteiger charge is -2.34. The van der Waals surface area contributed by atoms with Gasteiger partial charge in [0.1, 0.15) is 5.75 Å². The molecule has 0 spiro atoms. The van der Waals surface area contributed by atoms with Gasteiger partial charge in [0.2, 0.25) is 5.91 Å². The number of ether oxygens (including phenoxy) is 1. The molecule has 3 rings (SSSR count). The summed E-state index contributed by atoms with van der Waals surface area (Å²) in [4.78, 5) is 41.2. The molecule has 0 bridgehead atoms. The second-order valence-corrected chi connectivity index (χ2v) is 10.3. The molecule has 0 radical (unpaired) electrons. The van der Waals surface area contributed by atoms with Crippen molar-refractivity contribution in [1.82, 2.24) is 9.88 Å². The van der Waals surface area contributed by atoms with E-state index in [1.165, 1.54) is 36.4 Å². The maximum atomic E-state index is 13.1. The highest BCUT2D eigenvalue weighted by Crippen LogP contribution is 2.29. The fourth-order valence-corrected chi connectivity index (χ4v) is 5.40. The average Bonchev–Trinajstić information content (AvgIpc) is 3.25. The van der Waals surface area contributed by atoms with Gasteiger partial charge in [-0.3, -0.25) is 14.9 Å². The van der Waals surface area contributed by atoms with Crippen molar-refractivity contribution in [3.63, 3.8) is 0 Å². The Labute approximate surface area is 207 Å². The van der Waals surface area contributed by atoms with Crippen molar-refractivity contribution in [3.8, 4) is 5.75 Å². The fourth-order valence-electron chi connectivity index (χ4n) is 3.81. The van der Waals surface area contributed by atoms with Crippen LogP contribution in [0, 0.1) is 0 Å². The van der Waals surface area contributed by atoms with Crippen LogP contribution in [0.3, 0.4) is 0 Å². The number of thiazole rings is 1. The van der Waals surface area contributed by atoms with Crippen LogP contribution in [-0.4, -0.2) is 57.8 Å². The van der Waals surface area contributed by atoms with Crippen LogP contribution in [0.25, 0.3) is 0 Å². The molecular weight excluding hydrogens is 476 g/mol. The Kier molecular flexibility index (Phi) is 10.0. The van der Waals surface area contributed by atoms with E-state index in [-0.39, 0.29) is 23.7 Å². The van der Waals surface area contributed by atoms with Crippen LogP contribution in [0.15, 0.2) is 34.7 Å². The molecule has 3 amide bonds. The number of carbonyl (C=O) groups excluding carboxylic acids is 2. The highest BCUT2D eigenvalue weighted by molar-refractivity contribution is 8.01. The fraction of sp³-hybridized carbons (Fsp3) is 0.478. The first kappa shape index (κ1) is 25.8. The number of thioether (sulfide) groups is 1. The second kappa shape index (κ2) is 13.2. The number of urea groups is 1. The van der Waals surface area contributed by atoms with E-state index in [0.717, 1.165) is 29.9 Å². The van der Waals surface area contributed by atoms with Crippen molar-refractivity contribution in [2.75, 3.05) is 29.5 Å². The van der Waals surface area contributed by atoms with Gasteiger partial charge in [0.15, 0.2) is 5.13 Å². The summed E-state index contributed by atoms with van der Waals surface area (Å²) in [6, 6.07) is 7.21. The van der Waals surface area contributed by atoms with E-state index < -0.39 is 5.97 Å². The van der Waals surface area contributed by atoms with Gasteiger partial charge in [-0.15, -0.1) is 11.8 Å². The summed E-state index contributed by atoms with van der Waals surface area (Å²) in [5, 5.41) is 14.9. The summed E-state index contributed by atoms with van der Waals surface area (Å²) < 4.78 is 6.59. The third-order valence-electron chi connectivity index (χ3n) is 5.28. The molecule has 184 valence electrons. The number of nitrogens with one attached hydrogen (secondary N) is 2. The lowest BCUT2D eigenvalue weighted by Crippen LogP contribution is -2.44. The molecule has 2 aromatic rings. The first-order chi connectivity index (χ1) is 16.4. The van der Waals surface area contributed by atoms with Gasteiger partial charge in [0.25, 0.3) is 0 Å². The number of carboxylic acids is 1. The van der Waals surface area contributed by atoms with Crippen molar-refractivity contribution in [2.45, 2.75) is 55.7 Å². The standard InChI is InChI=1S/C23H30N4O5S2/c1-16(28)25-17-7-5-10-19(13-17)32-12-6-11-27(18-8-3-2-4-9-18)23(31)26-22-24-14-21(34-22)33-15-20(29)30/h5,7,10,13-14,18H,2-4,6,8-9,11-12,15H2,1H3,(H,25,28)(H,29,30)(H,24,26,31). The van der Waals surface area contributed by atoms with Crippen molar-refractivity contribution in [1.29, 1.82) is 0 Å². The molecule has 0 aliphatic heterocycles. The van der Waals surface area contributed by atoms with Crippen molar-refractivity contribution >= 4 is 51.8 Å². The maximum absolute atomic E-state index is 13.1. The molecule has 1 aliphatic rings. The predicted molar refractivity (Wildman–Crippen MR) is 134 cm³/mol. The van der Waals surface area contributed by atoms with Crippen LogP contribution >= 0.6 is 23.1 Å². The SMILES string of the molecule is CC(=O)Nc1cccc(OCCCN(C(=O)Nc2ncc(SCC(=O)O)s2)C2CCCCC2)c1. The van der Waals surface area contributed by atoms with Crippen molar-refractivity contribution in [2.24, 2.45) is 0 Å². The van der Waals surface area contributed by atoms with E-state index in [4.69, 9.17) is 9.84 Å². The lowest BCUT2D eigenvalue weighted by molar-refractivity contribution is -0.133. The molecule has 34 heavy (non-hydrogen) atoms. The number of rotatable bonds is 11. The first-order valence-electron chi connectivity index (χ1n) is 11.3. The average molecular weight is 507 g/mol. The van der Waals surface area contributed by atoms with Crippen molar-refractivity contribution in [3.05, 3.63) is 30.5 Å². The monoisotopic (exact) mass is 506 g/mol. The predicted octanol–water partition coefficient (Wildman–Crippen LogP) is 4.91. The highest BCUT2D eigenvalue weighted by Gasteiger charge is 2.26. The molecule has 1 aromatic carbocycles. The summed E-state index contributed by atoms with van der Waals surface area (Å²) in [5.74, 6) is -0.415. The summed E-state index contributed by atoms with van der Waals surface area (Å²) in [5.41, 5.74) is 0.678. The van der Waals surface area contributed by atoms with Gasteiger partial charge in [0.05, 0.1) is 22.8 Å². The Hall–Kier alpha value is -2.79. The Morgan fingerprint density at radius 1 is 1.24 bits per heavy atom. The normalized spacial score (nSPS) is 13.8. The van der Waals surface area contributed by atoms with E-state index in [2.05, 4.69) is 15.6 Å². The zero-order valence-electron chi connectivity index (χ0n) is 19.1. The Bertz CT molecular complexity index is 978. The van der Waals surface area contributed by atoms with Gasteiger partial charge in [-0.25, -0.2) is 9.78 Å². The number of nitrogens with zero attached hydrogens (tertiary/aromatic N) is 2. The lowest BCUT2D eigenvalue weighted by atomic mass is 9.94. The quantitative estimate of drug-likeness (QED) is 0.292. The summed E-state index contributed by atoms with van der Waals surface area (Å²) in [6.45, 7) is 2.45. The molecule has 0 saturated heterocycles. The Morgan fingerprint density at radius 2 is 2.03 bits per heavy atom. The number of hydrogen-bond acceptors (Lipinski definition) is 7. The van der Waals surface area contributed by atoms with E-state index in [0.29, 0.717) is 36.1 Å². The molecule has 1 aromatic heterocycles. The van der Waals surface area contributed by atoms with E-state index >= 15 is 0 Å². The topological polar surface area (TPSA) is 121 Å². The molecule has 1 fully saturated rings. The Morgan fingerprint density at radius 3 is 2.76 bits per heavy atom. The van der Waals surface area contributed by atoms with Gasteiger partial charge in [-0.2, -0.15) is 0 Å². The third kappa shape index (κ3) is 8.53. The molecule has 11 heteroatoms.